The Morgan fingerprint density at radius 1 is 0.550 bits per heavy atom. The fourth-order valence-electron chi connectivity index (χ4n) is 5.49. The van der Waals surface area contributed by atoms with Crippen molar-refractivity contribution in [2.75, 3.05) is 33.8 Å². The van der Waals surface area contributed by atoms with E-state index in [1.54, 1.807) is 0 Å². The fourth-order valence-corrected chi connectivity index (χ4v) is 5.49. The minimum Gasteiger partial charge on any atom is -0.494 e. The molecule has 0 aromatic heterocycles. The number of ether oxygens (including phenoxy) is 1. The number of nitrogens with zero attached hydrogens (tertiary/aromatic N) is 1. The SMILES string of the molecule is CCCCCCCCCCCCCCCCCC[N+](C)(C)CCCCOc1ccc(C(=O)c2ccccc2)cc1. The first-order chi connectivity index (χ1) is 19.5. The van der Waals surface area contributed by atoms with Gasteiger partial charge in [0.2, 0.25) is 0 Å². The second-order valence-electron chi connectivity index (χ2n) is 12.5. The van der Waals surface area contributed by atoms with E-state index >= 15 is 0 Å². The standard InChI is InChI=1S/C37H60NO2/c1-4-5-6-7-8-9-10-11-12-13-14-15-16-17-18-22-31-38(2,3)32-23-24-33-40-36-29-27-35(28-30-36)37(39)34-25-20-19-21-26-34/h19-21,25-30H,4-18,22-24,31-33H2,1-3H3/q+1. The van der Waals surface area contributed by atoms with Crippen LogP contribution < -0.4 is 4.74 Å². The van der Waals surface area contributed by atoms with Crippen LogP contribution >= 0.6 is 0 Å². The van der Waals surface area contributed by atoms with Crippen LogP contribution in [0.15, 0.2) is 54.6 Å². The molecule has 0 radical (unpaired) electrons. The third kappa shape index (κ3) is 16.2. The topological polar surface area (TPSA) is 26.3 Å². The van der Waals surface area contributed by atoms with Gasteiger partial charge in [-0.25, -0.2) is 0 Å². The summed E-state index contributed by atoms with van der Waals surface area (Å²) in [6, 6.07) is 17.0. The Bertz CT molecular complexity index is 875. The van der Waals surface area contributed by atoms with E-state index in [1.807, 2.05) is 54.6 Å². The second-order valence-corrected chi connectivity index (χ2v) is 12.5. The molecule has 3 nitrogen and oxygen atoms in total. The average Bonchev–Trinajstić information content (AvgIpc) is 2.97. The summed E-state index contributed by atoms with van der Waals surface area (Å²) in [5.41, 5.74) is 1.42. The number of quaternary nitrogens is 1. The largest absolute Gasteiger partial charge is 0.494 e. The molecule has 2 aromatic carbocycles. The zero-order valence-corrected chi connectivity index (χ0v) is 26.3. The van der Waals surface area contributed by atoms with E-state index in [4.69, 9.17) is 4.74 Å². The highest BCUT2D eigenvalue weighted by Gasteiger charge is 2.14. The summed E-state index contributed by atoms with van der Waals surface area (Å²) in [6.07, 6.45) is 25.1. The van der Waals surface area contributed by atoms with Crippen molar-refractivity contribution in [3.63, 3.8) is 0 Å². The minimum absolute atomic E-state index is 0.0523. The van der Waals surface area contributed by atoms with Crippen LogP contribution in [-0.4, -0.2) is 44.1 Å². The third-order valence-electron chi connectivity index (χ3n) is 8.20. The van der Waals surface area contributed by atoms with Gasteiger partial charge in [0.15, 0.2) is 5.78 Å². The molecule has 0 saturated carbocycles. The maximum atomic E-state index is 12.5. The van der Waals surface area contributed by atoms with E-state index < -0.39 is 0 Å². The van der Waals surface area contributed by atoms with Crippen LogP contribution in [0.5, 0.6) is 5.75 Å². The van der Waals surface area contributed by atoms with Gasteiger partial charge in [0.1, 0.15) is 5.75 Å². The lowest BCUT2D eigenvalue weighted by molar-refractivity contribution is -0.890. The van der Waals surface area contributed by atoms with Crippen LogP contribution in [-0.2, 0) is 0 Å². The predicted octanol–water partition coefficient (Wildman–Crippen LogP) is 10.4. The molecule has 0 aliphatic heterocycles. The molecule has 0 bridgehead atoms. The molecule has 0 aliphatic carbocycles. The summed E-state index contributed by atoms with van der Waals surface area (Å²) in [5, 5.41) is 0. The molecule has 0 unspecified atom stereocenters. The van der Waals surface area contributed by atoms with Gasteiger partial charge in [0.05, 0.1) is 33.8 Å². The smallest absolute Gasteiger partial charge is 0.193 e. The highest BCUT2D eigenvalue weighted by Crippen LogP contribution is 2.17. The lowest BCUT2D eigenvalue weighted by atomic mass is 10.0. The van der Waals surface area contributed by atoms with Crippen molar-refractivity contribution in [3.8, 4) is 5.75 Å². The van der Waals surface area contributed by atoms with E-state index in [0.29, 0.717) is 5.56 Å². The number of unbranched alkanes of at least 4 members (excludes halogenated alkanes) is 16. The highest BCUT2D eigenvalue weighted by molar-refractivity contribution is 6.08. The molecule has 224 valence electrons. The van der Waals surface area contributed by atoms with Crippen LogP contribution in [0.4, 0.5) is 0 Å². The number of benzene rings is 2. The Morgan fingerprint density at radius 3 is 1.48 bits per heavy atom. The lowest BCUT2D eigenvalue weighted by Gasteiger charge is -2.30. The van der Waals surface area contributed by atoms with Gasteiger partial charge >= 0.3 is 0 Å². The number of hydrogen-bond acceptors (Lipinski definition) is 2. The Kier molecular flexibility index (Phi) is 18.4. The summed E-state index contributed by atoms with van der Waals surface area (Å²) in [7, 11) is 4.74. The third-order valence-corrected chi connectivity index (χ3v) is 8.20. The van der Waals surface area contributed by atoms with E-state index in [-0.39, 0.29) is 5.78 Å². The molecule has 0 saturated heterocycles. The number of hydrogen-bond donors (Lipinski definition) is 0. The van der Waals surface area contributed by atoms with Gasteiger partial charge in [0.25, 0.3) is 0 Å². The van der Waals surface area contributed by atoms with E-state index in [2.05, 4.69) is 21.0 Å². The van der Waals surface area contributed by atoms with Crippen LogP contribution in [0.25, 0.3) is 0 Å². The maximum absolute atomic E-state index is 12.5. The van der Waals surface area contributed by atoms with Crippen LogP contribution in [0.2, 0.25) is 0 Å². The van der Waals surface area contributed by atoms with Crippen LogP contribution in [0, 0.1) is 0 Å². The molecule has 0 N–H and O–H groups in total. The van der Waals surface area contributed by atoms with Gasteiger partial charge in [-0.05, 0) is 49.9 Å². The molecule has 0 fully saturated rings. The Balaban J connectivity index is 1.40. The van der Waals surface area contributed by atoms with Crippen molar-refractivity contribution in [3.05, 3.63) is 65.7 Å². The fraction of sp³-hybridized carbons (Fsp3) is 0.649. The molecule has 2 rings (SSSR count). The second kappa shape index (κ2) is 21.6. The maximum Gasteiger partial charge on any atom is 0.193 e. The molecule has 40 heavy (non-hydrogen) atoms. The molecule has 0 spiro atoms. The first-order valence-corrected chi connectivity index (χ1v) is 16.7. The summed E-state index contributed by atoms with van der Waals surface area (Å²) >= 11 is 0. The normalized spacial score (nSPS) is 11.6. The molecular formula is C37H60NO2+. The molecule has 0 atom stereocenters. The zero-order chi connectivity index (χ0) is 28.7. The number of carbonyl (C=O) groups excluding carboxylic acids is 1. The zero-order valence-electron chi connectivity index (χ0n) is 26.3. The van der Waals surface area contributed by atoms with Crippen molar-refractivity contribution in [2.45, 2.75) is 122 Å². The van der Waals surface area contributed by atoms with Gasteiger partial charge in [0, 0.05) is 11.1 Å². The summed E-state index contributed by atoms with van der Waals surface area (Å²) < 4.78 is 7.04. The molecular weight excluding hydrogens is 490 g/mol. The molecule has 0 amide bonds. The summed E-state index contributed by atoms with van der Waals surface area (Å²) in [4.78, 5) is 12.5. The van der Waals surface area contributed by atoms with Crippen molar-refractivity contribution in [1.82, 2.24) is 0 Å². The van der Waals surface area contributed by atoms with Crippen molar-refractivity contribution in [1.29, 1.82) is 0 Å². The van der Waals surface area contributed by atoms with Gasteiger partial charge in [-0.15, -0.1) is 0 Å². The number of carbonyl (C=O) groups is 1. The first kappa shape index (κ1) is 34.1. The highest BCUT2D eigenvalue weighted by atomic mass is 16.5. The Morgan fingerprint density at radius 2 is 0.975 bits per heavy atom. The average molecular weight is 551 g/mol. The van der Waals surface area contributed by atoms with E-state index in [9.17, 15) is 4.79 Å². The Hall–Kier alpha value is -2.13. The van der Waals surface area contributed by atoms with Gasteiger partial charge in [-0.1, -0.05) is 127 Å². The van der Waals surface area contributed by atoms with Gasteiger partial charge in [-0.3, -0.25) is 4.79 Å². The predicted molar refractivity (Wildman–Crippen MR) is 172 cm³/mol. The summed E-state index contributed by atoms with van der Waals surface area (Å²) in [5.74, 6) is 0.892. The van der Waals surface area contributed by atoms with Crippen molar-refractivity contribution >= 4 is 5.78 Å². The molecule has 0 heterocycles. The van der Waals surface area contributed by atoms with E-state index in [0.717, 1.165) is 28.8 Å². The minimum atomic E-state index is 0.0523. The van der Waals surface area contributed by atoms with Gasteiger partial charge < -0.3 is 9.22 Å². The Labute approximate surface area is 247 Å². The quantitative estimate of drug-likeness (QED) is 0.0698. The van der Waals surface area contributed by atoms with Crippen LogP contribution in [0.3, 0.4) is 0 Å². The monoisotopic (exact) mass is 550 g/mol. The van der Waals surface area contributed by atoms with Gasteiger partial charge in [-0.2, -0.15) is 0 Å². The molecule has 2 aromatic rings. The van der Waals surface area contributed by atoms with Crippen molar-refractivity contribution in [2.24, 2.45) is 0 Å². The number of ketones is 1. The lowest BCUT2D eigenvalue weighted by Crippen LogP contribution is -2.41. The summed E-state index contributed by atoms with van der Waals surface area (Å²) in [6.45, 7) is 5.50. The molecule has 3 heteroatoms. The van der Waals surface area contributed by atoms with E-state index in [1.165, 1.54) is 122 Å². The molecule has 0 aliphatic rings. The van der Waals surface area contributed by atoms with Crippen LogP contribution in [0.1, 0.15) is 138 Å². The first-order valence-electron chi connectivity index (χ1n) is 16.7. The number of rotatable bonds is 25. The van der Waals surface area contributed by atoms with Crippen molar-refractivity contribution < 1.29 is 14.0 Å².